The third kappa shape index (κ3) is 6.27. The molecule has 3 amide bonds. The number of Topliss-reactive ketones (excluding diaryl/α,β-unsaturated/α-hetero) is 1. The molecule has 2 aliphatic rings. The highest BCUT2D eigenvalue weighted by Crippen LogP contribution is 2.32. The molecule has 0 radical (unpaired) electrons. The number of carbonyl (C=O) groups excluding carboxylic acids is 4. The molecule has 0 bridgehead atoms. The lowest BCUT2D eigenvalue weighted by Gasteiger charge is -2.32. The first kappa shape index (κ1) is 24.3. The number of carbonyl (C=O) groups is 4. The highest BCUT2D eigenvalue weighted by atomic mass is 16.2. The van der Waals surface area contributed by atoms with Crippen LogP contribution >= 0.6 is 0 Å². The van der Waals surface area contributed by atoms with Crippen LogP contribution in [0.4, 0.5) is 0 Å². The Morgan fingerprint density at radius 2 is 1.53 bits per heavy atom. The lowest BCUT2D eigenvalue weighted by molar-refractivity contribution is -0.143. The van der Waals surface area contributed by atoms with Gasteiger partial charge in [0.15, 0.2) is 0 Å². The molecule has 4 atom stereocenters. The highest BCUT2D eigenvalue weighted by molar-refractivity contribution is 6.37. The number of primary amides is 1. The van der Waals surface area contributed by atoms with Gasteiger partial charge in [-0.05, 0) is 31.1 Å². The van der Waals surface area contributed by atoms with Gasteiger partial charge in [-0.3, -0.25) is 19.2 Å². The molecule has 0 aromatic rings. The maximum absolute atomic E-state index is 13.2. The van der Waals surface area contributed by atoms with E-state index in [9.17, 15) is 19.2 Å². The van der Waals surface area contributed by atoms with Crippen molar-refractivity contribution in [1.29, 1.82) is 0 Å². The van der Waals surface area contributed by atoms with Crippen LogP contribution in [0.25, 0.3) is 0 Å². The minimum Gasteiger partial charge on any atom is -0.363 e. The van der Waals surface area contributed by atoms with Crippen LogP contribution in [-0.4, -0.2) is 53.1 Å². The van der Waals surface area contributed by atoms with Gasteiger partial charge in [-0.25, -0.2) is 0 Å². The molecule has 2 fully saturated rings. The van der Waals surface area contributed by atoms with Crippen LogP contribution in [0.15, 0.2) is 0 Å². The zero-order valence-electron chi connectivity index (χ0n) is 18.4. The van der Waals surface area contributed by atoms with Crippen LogP contribution in [0.5, 0.6) is 0 Å². The minimum absolute atomic E-state index is 0.0237. The minimum atomic E-state index is -1.04. The van der Waals surface area contributed by atoms with E-state index in [4.69, 9.17) is 11.5 Å². The van der Waals surface area contributed by atoms with Gasteiger partial charge in [0.2, 0.25) is 17.6 Å². The van der Waals surface area contributed by atoms with Crippen LogP contribution in [0.1, 0.15) is 78.1 Å². The number of nitrogens with one attached hydrogen (secondary N) is 1. The van der Waals surface area contributed by atoms with E-state index in [1.165, 1.54) is 0 Å². The number of ketones is 1. The molecule has 0 aliphatic carbocycles. The first-order valence-electron chi connectivity index (χ1n) is 11.4. The van der Waals surface area contributed by atoms with E-state index in [1.807, 2.05) is 13.8 Å². The molecule has 2 aliphatic heterocycles. The van der Waals surface area contributed by atoms with Gasteiger partial charge in [0, 0.05) is 6.54 Å². The Kier molecular flexibility index (Phi) is 9.27. The molecule has 2 heterocycles. The van der Waals surface area contributed by atoms with Crippen molar-refractivity contribution in [1.82, 2.24) is 10.2 Å². The second-order valence-electron chi connectivity index (χ2n) is 9.12. The average molecular weight is 423 g/mol. The molecule has 8 heteroatoms. The van der Waals surface area contributed by atoms with Crippen LogP contribution in [-0.2, 0) is 19.2 Å². The molecule has 5 N–H and O–H groups in total. The molecule has 0 saturated carbocycles. The summed E-state index contributed by atoms with van der Waals surface area (Å²) >= 11 is 0. The largest absolute Gasteiger partial charge is 0.363 e. The zero-order chi connectivity index (χ0) is 22.3. The van der Waals surface area contributed by atoms with E-state index in [2.05, 4.69) is 5.32 Å². The molecule has 8 nitrogen and oxygen atoms in total. The number of hydrogen-bond acceptors (Lipinski definition) is 5. The van der Waals surface area contributed by atoms with Gasteiger partial charge in [-0.15, -0.1) is 0 Å². The molecular weight excluding hydrogens is 384 g/mol. The summed E-state index contributed by atoms with van der Waals surface area (Å²) in [5.41, 5.74) is 11.4. The van der Waals surface area contributed by atoms with Gasteiger partial charge in [0.05, 0.1) is 12.1 Å². The lowest BCUT2D eigenvalue weighted by atomic mass is 9.87. The molecule has 30 heavy (non-hydrogen) atoms. The third-order valence-electron chi connectivity index (χ3n) is 6.55. The standard InChI is InChI=1S/C22H38N4O4/c1-14(2)15-12-13-26-18(15)21(29)25-17(19(27)20(24)28)11-9-7-5-3-4-6-8-10-16(23)22(26)30/h14-18H,3-13,23H2,1-2H3,(H2,24,28)(H,25,29)/t15?,16-,17-,18-/m0/s1. The Labute approximate surface area is 179 Å². The highest BCUT2D eigenvalue weighted by Gasteiger charge is 2.44. The van der Waals surface area contributed by atoms with E-state index in [0.29, 0.717) is 25.8 Å². The SMILES string of the molecule is CC(C)C1CCN2C(=O)[C@@H](N)CCCCCCCCC[C@@H](C(=O)C(N)=O)NC(=O)[C@H]12. The Bertz CT molecular complexity index is 637. The summed E-state index contributed by atoms with van der Waals surface area (Å²) in [6.45, 7) is 4.52. The summed E-state index contributed by atoms with van der Waals surface area (Å²) in [7, 11) is 0. The van der Waals surface area contributed by atoms with Crippen molar-refractivity contribution < 1.29 is 19.2 Å². The number of amides is 3. The smallest absolute Gasteiger partial charge is 0.287 e. The predicted molar refractivity (Wildman–Crippen MR) is 114 cm³/mol. The normalized spacial score (nSPS) is 30.1. The summed E-state index contributed by atoms with van der Waals surface area (Å²) in [4.78, 5) is 51.7. The Hall–Kier alpha value is -1.96. The number of hydrogen-bond donors (Lipinski definition) is 3. The van der Waals surface area contributed by atoms with E-state index < -0.39 is 35.7 Å². The molecule has 2 saturated heterocycles. The molecule has 0 spiro atoms. The van der Waals surface area contributed by atoms with Crippen molar-refractivity contribution in [2.45, 2.75) is 96.2 Å². The van der Waals surface area contributed by atoms with Crippen LogP contribution in [0.3, 0.4) is 0 Å². The summed E-state index contributed by atoms with van der Waals surface area (Å²) < 4.78 is 0. The Morgan fingerprint density at radius 1 is 0.967 bits per heavy atom. The molecular formula is C22H38N4O4. The topological polar surface area (TPSA) is 136 Å². The lowest BCUT2D eigenvalue weighted by Crippen LogP contribution is -2.56. The van der Waals surface area contributed by atoms with E-state index in [-0.39, 0.29) is 17.7 Å². The van der Waals surface area contributed by atoms with E-state index in [1.54, 1.807) is 4.90 Å². The molecule has 170 valence electrons. The molecule has 1 unspecified atom stereocenters. The van der Waals surface area contributed by atoms with Crippen LogP contribution in [0, 0.1) is 11.8 Å². The molecule has 2 rings (SSSR count). The predicted octanol–water partition coefficient (Wildman–Crippen LogP) is 1.25. The van der Waals surface area contributed by atoms with Gasteiger partial charge in [-0.2, -0.15) is 0 Å². The van der Waals surface area contributed by atoms with Crippen molar-refractivity contribution in [2.75, 3.05) is 6.54 Å². The Morgan fingerprint density at radius 3 is 2.10 bits per heavy atom. The summed E-state index contributed by atoms with van der Waals surface area (Å²) in [6, 6.07) is -2.25. The van der Waals surface area contributed by atoms with Gasteiger partial charge in [0.1, 0.15) is 6.04 Å². The fraction of sp³-hybridized carbons (Fsp3) is 0.818. The van der Waals surface area contributed by atoms with Gasteiger partial charge >= 0.3 is 0 Å². The first-order valence-corrected chi connectivity index (χ1v) is 11.4. The van der Waals surface area contributed by atoms with Crippen LogP contribution < -0.4 is 16.8 Å². The fourth-order valence-electron chi connectivity index (χ4n) is 4.73. The van der Waals surface area contributed by atoms with E-state index >= 15 is 0 Å². The molecule has 0 aromatic heterocycles. The second-order valence-corrected chi connectivity index (χ2v) is 9.12. The third-order valence-corrected chi connectivity index (χ3v) is 6.55. The number of rotatable bonds is 3. The molecule has 0 aromatic carbocycles. The zero-order valence-corrected chi connectivity index (χ0v) is 18.4. The van der Waals surface area contributed by atoms with Crippen molar-refractivity contribution in [3.8, 4) is 0 Å². The van der Waals surface area contributed by atoms with Gasteiger partial charge in [0.25, 0.3) is 5.91 Å². The maximum atomic E-state index is 13.2. The number of nitrogens with two attached hydrogens (primary N) is 2. The Balaban J connectivity index is 2.27. The summed E-state index contributed by atoms with van der Waals surface area (Å²) in [6.07, 6.45) is 8.49. The van der Waals surface area contributed by atoms with Crippen LogP contribution in [0.2, 0.25) is 0 Å². The van der Waals surface area contributed by atoms with E-state index in [0.717, 1.165) is 44.9 Å². The monoisotopic (exact) mass is 422 g/mol. The van der Waals surface area contributed by atoms with Gasteiger partial charge < -0.3 is 21.7 Å². The van der Waals surface area contributed by atoms with Crippen molar-refractivity contribution in [3.05, 3.63) is 0 Å². The number of nitrogens with zero attached hydrogens (tertiary/aromatic N) is 1. The first-order chi connectivity index (χ1) is 14.2. The maximum Gasteiger partial charge on any atom is 0.287 e. The summed E-state index contributed by atoms with van der Waals surface area (Å²) in [5.74, 6) is -2.26. The number of fused-ring (bicyclic) bond motifs is 1. The quantitative estimate of drug-likeness (QED) is 0.588. The fourth-order valence-corrected chi connectivity index (χ4v) is 4.73. The van der Waals surface area contributed by atoms with Gasteiger partial charge in [-0.1, -0.05) is 58.8 Å². The average Bonchev–Trinajstić information content (AvgIpc) is 3.14. The second kappa shape index (κ2) is 11.4. The van der Waals surface area contributed by atoms with Crippen molar-refractivity contribution >= 4 is 23.5 Å². The van der Waals surface area contributed by atoms with Crippen molar-refractivity contribution in [3.63, 3.8) is 0 Å². The summed E-state index contributed by atoms with van der Waals surface area (Å²) in [5, 5.41) is 2.75. The van der Waals surface area contributed by atoms with Crippen molar-refractivity contribution in [2.24, 2.45) is 23.3 Å².